The maximum Gasteiger partial charge on any atom is 0.119 e. The average molecular weight is 394 g/mol. The highest BCUT2D eigenvalue weighted by atomic mass is 16.5. The van der Waals surface area contributed by atoms with Crippen molar-refractivity contribution in [3.05, 3.63) is 48.2 Å². The monoisotopic (exact) mass is 393 g/mol. The van der Waals surface area contributed by atoms with Gasteiger partial charge in [-0.2, -0.15) is 0 Å². The predicted molar refractivity (Wildman–Crippen MR) is 123 cm³/mol. The van der Waals surface area contributed by atoms with Gasteiger partial charge in [0.15, 0.2) is 0 Å². The third-order valence-electron chi connectivity index (χ3n) is 6.51. The second-order valence-corrected chi connectivity index (χ2v) is 8.85. The fraction of sp³-hybridized carbons (Fsp3) is 0.593. The zero-order chi connectivity index (χ0) is 20.3. The fourth-order valence-electron chi connectivity index (χ4n) is 4.47. The average Bonchev–Trinajstić information content (AvgIpc) is 2.78. The summed E-state index contributed by atoms with van der Waals surface area (Å²) in [4.78, 5) is 4.72. The van der Waals surface area contributed by atoms with E-state index in [1.54, 1.807) is 0 Å². The first-order chi connectivity index (χ1) is 14.3. The van der Waals surface area contributed by atoms with Gasteiger partial charge in [-0.25, -0.2) is 0 Å². The summed E-state index contributed by atoms with van der Waals surface area (Å²) in [6, 6.07) is 12.8. The van der Waals surface area contributed by atoms with Crippen LogP contribution in [0.3, 0.4) is 0 Å². The molecule has 29 heavy (non-hydrogen) atoms. The summed E-state index contributed by atoms with van der Waals surface area (Å²) in [5.41, 5.74) is 3.58. The van der Waals surface area contributed by atoms with Crippen LogP contribution >= 0.6 is 0 Å². The summed E-state index contributed by atoms with van der Waals surface area (Å²) in [6.45, 7) is 5.28. The molecule has 1 aromatic heterocycles. The number of unbranched alkanes of at least 4 members (excludes halogenated alkanes) is 2. The lowest BCUT2D eigenvalue weighted by molar-refractivity contribution is 0.250. The SMILES string of the molecule is CCCCOc1ccc(-c2ccc(CC[C@H]3CC[C@H](CCCC)CC3)cn2)cc1. The fourth-order valence-corrected chi connectivity index (χ4v) is 4.47. The van der Waals surface area contributed by atoms with Crippen LogP contribution in [0.2, 0.25) is 0 Å². The Morgan fingerprint density at radius 2 is 1.52 bits per heavy atom. The van der Waals surface area contributed by atoms with Crippen molar-refractivity contribution in [2.75, 3.05) is 6.61 Å². The second kappa shape index (κ2) is 12.0. The van der Waals surface area contributed by atoms with Gasteiger partial charge in [-0.1, -0.05) is 71.3 Å². The van der Waals surface area contributed by atoms with Crippen LogP contribution < -0.4 is 4.74 Å². The maximum atomic E-state index is 5.75. The molecule has 1 heterocycles. The molecule has 0 spiro atoms. The predicted octanol–water partition coefficient (Wildman–Crippen LogP) is 7.86. The molecular formula is C27H39NO. The zero-order valence-electron chi connectivity index (χ0n) is 18.5. The van der Waals surface area contributed by atoms with Crippen molar-refractivity contribution in [1.82, 2.24) is 4.98 Å². The molecule has 0 saturated heterocycles. The topological polar surface area (TPSA) is 22.1 Å². The first kappa shape index (κ1) is 21.9. The normalized spacial score (nSPS) is 19.2. The molecule has 2 aromatic rings. The minimum atomic E-state index is 0.795. The third kappa shape index (κ3) is 7.17. The molecule has 0 aliphatic heterocycles. The minimum Gasteiger partial charge on any atom is -0.494 e. The molecule has 0 bridgehead atoms. The van der Waals surface area contributed by atoms with E-state index in [-0.39, 0.29) is 0 Å². The van der Waals surface area contributed by atoms with E-state index in [1.165, 1.54) is 63.4 Å². The van der Waals surface area contributed by atoms with Gasteiger partial charge >= 0.3 is 0 Å². The highest BCUT2D eigenvalue weighted by Gasteiger charge is 2.20. The molecule has 1 aliphatic rings. The Kier molecular flexibility index (Phi) is 9.05. The number of nitrogens with zero attached hydrogens (tertiary/aromatic N) is 1. The smallest absolute Gasteiger partial charge is 0.119 e. The van der Waals surface area contributed by atoms with Crippen LogP contribution in [0.25, 0.3) is 11.3 Å². The molecule has 1 aliphatic carbocycles. The van der Waals surface area contributed by atoms with E-state index in [9.17, 15) is 0 Å². The lowest BCUT2D eigenvalue weighted by Crippen LogP contribution is -2.15. The van der Waals surface area contributed by atoms with Crippen molar-refractivity contribution < 1.29 is 4.74 Å². The number of aromatic nitrogens is 1. The van der Waals surface area contributed by atoms with Crippen LogP contribution in [0.5, 0.6) is 5.75 Å². The number of hydrogen-bond acceptors (Lipinski definition) is 2. The van der Waals surface area contributed by atoms with E-state index < -0.39 is 0 Å². The van der Waals surface area contributed by atoms with Crippen LogP contribution in [-0.4, -0.2) is 11.6 Å². The molecule has 1 saturated carbocycles. The van der Waals surface area contributed by atoms with Crippen molar-refractivity contribution in [2.45, 2.75) is 84.5 Å². The van der Waals surface area contributed by atoms with Gasteiger partial charge in [-0.15, -0.1) is 0 Å². The van der Waals surface area contributed by atoms with Gasteiger partial charge < -0.3 is 4.74 Å². The van der Waals surface area contributed by atoms with Crippen LogP contribution in [-0.2, 0) is 6.42 Å². The van der Waals surface area contributed by atoms with Gasteiger partial charge in [0.2, 0.25) is 0 Å². The summed E-state index contributed by atoms with van der Waals surface area (Å²) >= 11 is 0. The number of aryl methyl sites for hydroxylation is 1. The molecule has 2 heteroatoms. The number of rotatable bonds is 11. The molecule has 0 N–H and O–H groups in total. The molecule has 0 unspecified atom stereocenters. The first-order valence-electron chi connectivity index (χ1n) is 12.0. The van der Waals surface area contributed by atoms with Gasteiger partial charge in [-0.05, 0) is 67.0 Å². The Morgan fingerprint density at radius 3 is 2.14 bits per heavy atom. The summed E-state index contributed by atoms with van der Waals surface area (Å²) in [6.07, 6.45) is 16.8. The maximum absolute atomic E-state index is 5.75. The summed E-state index contributed by atoms with van der Waals surface area (Å²) in [5, 5.41) is 0. The summed E-state index contributed by atoms with van der Waals surface area (Å²) in [7, 11) is 0. The molecule has 1 fully saturated rings. The minimum absolute atomic E-state index is 0.795. The lowest BCUT2D eigenvalue weighted by Gasteiger charge is -2.28. The van der Waals surface area contributed by atoms with E-state index in [2.05, 4.69) is 56.4 Å². The Balaban J connectivity index is 1.43. The Morgan fingerprint density at radius 1 is 0.828 bits per heavy atom. The van der Waals surface area contributed by atoms with Crippen molar-refractivity contribution >= 4 is 0 Å². The van der Waals surface area contributed by atoms with Crippen LogP contribution in [0.4, 0.5) is 0 Å². The van der Waals surface area contributed by atoms with E-state index in [1.807, 2.05) is 0 Å². The van der Waals surface area contributed by atoms with Crippen molar-refractivity contribution in [1.29, 1.82) is 0 Å². The molecule has 3 rings (SSSR count). The first-order valence-corrected chi connectivity index (χ1v) is 12.0. The van der Waals surface area contributed by atoms with Crippen molar-refractivity contribution in [2.24, 2.45) is 11.8 Å². The Labute approximate surface area is 178 Å². The van der Waals surface area contributed by atoms with Gasteiger partial charge in [0.05, 0.1) is 12.3 Å². The van der Waals surface area contributed by atoms with Gasteiger partial charge in [-0.3, -0.25) is 4.98 Å². The molecule has 0 radical (unpaired) electrons. The Bertz CT molecular complexity index is 683. The standard InChI is InChI=1S/C27H39NO/c1-3-5-7-22-8-10-23(11-9-22)12-13-24-14-19-27(28-21-24)25-15-17-26(18-16-25)29-20-6-4-2/h14-19,21-23H,3-13,20H2,1-2H3/t22-,23-. The third-order valence-corrected chi connectivity index (χ3v) is 6.51. The molecular weight excluding hydrogens is 354 g/mol. The van der Waals surface area contributed by atoms with E-state index in [0.29, 0.717) is 0 Å². The molecule has 0 amide bonds. The largest absolute Gasteiger partial charge is 0.494 e. The molecule has 2 nitrogen and oxygen atoms in total. The number of pyridine rings is 1. The van der Waals surface area contributed by atoms with Crippen LogP contribution in [0.15, 0.2) is 42.6 Å². The molecule has 158 valence electrons. The highest BCUT2D eigenvalue weighted by molar-refractivity contribution is 5.60. The number of benzene rings is 1. The summed E-state index contributed by atoms with van der Waals surface area (Å²) in [5.74, 6) is 2.88. The van der Waals surface area contributed by atoms with Crippen molar-refractivity contribution in [3.63, 3.8) is 0 Å². The van der Waals surface area contributed by atoms with Crippen LogP contribution in [0, 0.1) is 11.8 Å². The van der Waals surface area contributed by atoms with E-state index in [0.717, 1.165) is 48.3 Å². The quantitative estimate of drug-likeness (QED) is 0.362. The zero-order valence-corrected chi connectivity index (χ0v) is 18.5. The van der Waals surface area contributed by atoms with E-state index >= 15 is 0 Å². The molecule has 0 atom stereocenters. The molecule has 1 aromatic carbocycles. The van der Waals surface area contributed by atoms with Crippen LogP contribution in [0.1, 0.15) is 83.6 Å². The second-order valence-electron chi connectivity index (χ2n) is 8.85. The number of ether oxygens (including phenoxy) is 1. The van der Waals surface area contributed by atoms with E-state index in [4.69, 9.17) is 9.72 Å². The summed E-state index contributed by atoms with van der Waals surface area (Å²) < 4.78 is 5.75. The highest BCUT2D eigenvalue weighted by Crippen LogP contribution is 2.34. The van der Waals surface area contributed by atoms with Gasteiger partial charge in [0.25, 0.3) is 0 Å². The van der Waals surface area contributed by atoms with Gasteiger partial charge in [0.1, 0.15) is 5.75 Å². The van der Waals surface area contributed by atoms with Gasteiger partial charge in [0, 0.05) is 11.8 Å². The lowest BCUT2D eigenvalue weighted by atomic mass is 9.78. The number of hydrogen-bond donors (Lipinski definition) is 0. The van der Waals surface area contributed by atoms with Crippen molar-refractivity contribution in [3.8, 4) is 17.0 Å². The Hall–Kier alpha value is -1.83.